The first-order chi connectivity index (χ1) is 13.0. The van der Waals surface area contributed by atoms with Crippen LogP contribution in [0.25, 0.3) is 10.9 Å². The molecule has 13 heteroatoms. The average molecular weight is 484 g/mol. The molecule has 1 aromatic carbocycles. The molecule has 1 heterocycles. The number of nitrogens with zero attached hydrogens (tertiary/aromatic N) is 1. The van der Waals surface area contributed by atoms with E-state index in [0.29, 0.717) is 21.8 Å². The van der Waals surface area contributed by atoms with Gasteiger partial charge in [0.25, 0.3) is 0 Å². The van der Waals surface area contributed by atoms with E-state index in [2.05, 4.69) is 0 Å². The number of hydrogen-bond donors (Lipinski definition) is 1. The predicted octanol–water partition coefficient (Wildman–Crippen LogP) is 5.01. The smallest absolute Gasteiger partial charge is 0.383 e. The molecule has 2 aromatic rings. The summed E-state index contributed by atoms with van der Waals surface area (Å²) >= 11 is 6.01. The van der Waals surface area contributed by atoms with Crippen LogP contribution >= 0.6 is 23.4 Å². The van der Waals surface area contributed by atoms with Crippen LogP contribution < -0.4 is 0 Å². The molecule has 0 saturated carbocycles. The van der Waals surface area contributed by atoms with E-state index in [1.807, 2.05) is 0 Å². The number of benzene rings is 1. The first-order valence-electron chi connectivity index (χ1n) is 8.00. The molecule has 0 saturated heterocycles. The Morgan fingerprint density at radius 2 is 1.69 bits per heavy atom. The summed E-state index contributed by atoms with van der Waals surface area (Å²) in [6.45, 7) is 1.42. The second-order valence-corrected chi connectivity index (χ2v) is 9.66. The van der Waals surface area contributed by atoms with Gasteiger partial charge in [0, 0.05) is 11.1 Å². The quantitative estimate of drug-likeness (QED) is 0.586. The number of rotatable bonds is 6. The highest BCUT2D eigenvalue weighted by atomic mass is 35.5. The summed E-state index contributed by atoms with van der Waals surface area (Å²) in [7, 11) is -4.22. The lowest BCUT2D eigenvalue weighted by Crippen LogP contribution is -2.33. The molecule has 4 nitrogen and oxygen atoms in total. The number of alkyl halides is 6. The number of aromatic nitrogens is 1. The molecule has 0 aliphatic heterocycles. The molecule has 2 rings (SSSR count). The molecule has 0 spiro atoms. The number of aliphatic hydroxyl groups is 1. The van der Waals surface area contributed by atoms with Crippen LogP contribution in [0.3, 0.4) is 0 Å². The zero-order valence-corrected chi connectivity index (χ0v) is 17.4. The van der Waals surface area contributed by atoms with E-state index in [4.69, 9.17) is 11.6 Å². The van der Waals surface area contributed by atoms with Gasteiger partial charge in [0.15, 0.2) is 0 Å². The Morgan fingerprint density at radius 3 is 2.14 bits per heavy atom. The monoisotopic (exact) mass is 483 g/mol. The van der Waals surface area contributed by atoms with Crippen molar-refractivity contribution in [2.75, 3.05) is 17.8 Å². The fourth-order valence-electron chi connectivity index (χ4n) is 2.80. The average Bonchev–Trinajstić information content (AvgIpc) is 2.90. The van der Waals surface area contributed by atoms with E-state index < -0.39 is 50.1 Å². The Hall–Kier alpha value is -1.11. The first-order valence-corrected chi connectivity index (χ1v) is 11.4. The van der Waals surface area contributed by atoms with E-state index in [1.165, 1.54) is 6.92 Å². The molecule has 0 aliphatic carbocycles. The standard InChI is InChI=1S/C16H16ClF6NO3S2/c1-3-14(25,7-28-8-15(18,19)20)13-5-9-4-11(17)10(16(21,22)23)6-12(9)24(13)29(2,26)27/h4-6,25H,3,7-8H2,1-2H3. The summed E-state index contributed by atoms with van der Waals surface area (Å²) in [5, 5.41) is 10.2. The minimum atomic E-state index is -4.86. The number of halogens is 7. The molecular formula is C16H16ClF6NO3S2. The highest BCUT2D eigenvalue weighted by molar-refractivity contribution is 7.99. The lowest BCUT2D eigenvalue weighted by atomic mass is 9.99. The Kier molecular flexibility index (Phi) is 6.55. The van der Waals surface area contributed by atoms with Gasteiger partial charge in [0.2, 0.25) is 10.0 Å². The highest BCUT2D eigenvalue weighted by Crippen LogP contribution is 2.41. The zero-order chi connectivity index (χ0) is 22.4. The molecule has 1 N–H and O–H groups in total. The molecule has 29 heavy (non-hydrogen) atoms. The number of fused-ring (bicyclic) bond motifs is 1. The largest absolute Gasteiger partial charge is 0.417 e. The summed E-state index contributed by atoms with van der Waals surface area (Å²) in [5.74, 6) is -1.80. The zero-order valence-electron chi connectivity index (χ0n) is 15.0. The normalized spacial score (nSPS) is 15.7. The summed E-state index contributed by atoms with van der Waals surface area (Å²) in [6, 6.07) is 2.57. The molecular weight excluding hydrogens is 468 g/mol. The predicted molar refractivity (Wildman–Crippen MR) is 99.8 cm³/mol. The van der Waals surface area contributed by atoms with Crippen molar-refractivity contribution in [3.8, 4) is 0 Å². The molecule has 0 radical (unpaired) electrons. The van der Waals surface area contributed by atoms with Crippen LogP contribution in [0.5, 0.6) is 0 Å². The van der Waals surface area contributed by atoms with Gasteiger partial charge in [-0.25, -0.2) is 12.4 Å². The molecule has 1 atom stereocenters. The van der Waals surface area contributed by atoms with E-state index in [1.54, 1.807) is 0 Å². The molecule has 0 amide bonds. The third kappa shape index (κ3) is 5.33. The Morgan fingerprint density at radius 1 is 1.10 bits per heavy atom. The SMILES string of the molecule is CCC(O)(CSCC(F)(F)F)c1cc2cc(Cl)c(C(F)(F)F)cc2n1S(C)(=O)=O. The van der Waals surface area contributed by atoms with Gasteiger partial charge in [-0.3, -0.25) is 0 Å². The second-order valence-electron chi connectivity index (χ2n) is 6.44. The summed E-state index contributed by atoms with van der Waals surface area (Å²) < 4.78 is 102. The van der Waals surface area contributed by atoms with Crippen molar-refractivity contribution >= 4 is 44.3 Å². The lowest BCUT2D eigenvalue weighted by Gasteiger charge is -2.28. The van der Waals surface area contributed by atoms with Crippen LogP contribution in [0, 0.1) is 0 Å². The van der Waals surface area contributed by atoms with Crippen molar-refractivity contribution in [3.05, 3.63) is 34.5 Å². The van der Waals surface area contributed by atoms with Gasteiger partial charge in [0.05, 0.1) is 33.8 Å². The van der Waals surface area contributed by atoms with Gasteiger partial charge in [-0.15, -0.1) is 11.8 Å². The van der Waals surface area contributed by atoms with Crippen LogP contribution in [-0.2, 0) is 21.8 Å². The van der Waals surface area contributed by atoms with Gasteiger partial charge in [-0.2, -0.15) is 26.3 Å². The van der Waals surface area contributed by atoms with E-state index in [0.717, 1.165) is 18.4 Å². The van der Waals surface area contributed by atoms with Crippen LogP contribution in [0.4, 0.5) is 26.3 Å². The molecule has 1 unspecified atom stereocenters. The topological polar surface area (TPSA) is 59.3 Å². The van der Waals surface area contributed by atoms with Crippen LogP contribution in [0.15, 0.2) is 18.2 Å². The lowest BCUT2D eigenvalue weighted by molar-refractivity contribution is -0.137. The number of thioether (sulfide) groups is 1. The second kappa shape index (κ2) is 7.86. The molecule has 1 aromatic heterocycles. The Labute approximate surface area is 171 Å². The van der Waals surface area contributed by atoms with Gasteiger partial charge in [-0.1, -0.05) is 18.5 Å². The third-order valence-electron chi connectivity index (χ3n) is 4.15. The summed E-state index contributed by atoms with van der Waals surface area (Å²) in [5.41, 5.74) is -4.02. The fourth-order valence-corrected chi connectivity index (χ4v) is 5.19. The third-order valence-corrected chi connectivity index (χ3v) is 6.73. The van der Waals surface area contributed by atoms with Gasteiger partial charge in [0.1, 0.15) is 5.60 Å². The van der Waals surface area contributed by atoms with Crippen molar-refractivity contribution in [2.45, 2.75) is 31.3 Å². The van der Waals surface area contributed by atoms with Crippen molar-refractivity contribution in [1.29, 1.82) is 0 Å². The van der Waals surface area contributed by atoms with Crippen molar-refractivity contribution < 1.29 is 39.9 Å². The van der Waals surface area contributed by atoms with Crippen molar-refractivity contribution in [2.24, 2.45) is 0 Å². The van der Waals surface area contributed by atoms with Crippen LogP contribution in [0.1, 0.15) is 24.6 Å². The minimum Gasteiger partial charge on any atom is -0.383 e. The maximum absolute atomic E-state index is 13.2. The minimum absolute atomic E-state index is 0.00359. The molecule has 164 valence electrons. The van der Waals surface area contributed by atoms with Gasteiger partial charge in [-0.05, 0) is 24.6 Å². The van der Waals surface area contributed by atoms with E-state index >= 15 is 0 Å². The van der Waals surface area contributed by atoms with E-state index in [9.17, 15) is 39.9 Å². The summed E-state index contributed by atoms with van der Waals surface area (Å²) in [6.07, 6.45) is -8.82. The fraction of sp³-hybridized carbons (Fsp3) is 0.500. The molecule has 0 bridgehead atoms. The highest BCUT2D eigenvalue weighted by Gasteiger charge is 2.38. The van der Waals surface area contributed by atoms with Crippen LogP contribution in [0.2, 0.25) is 5.02 Å². The Balaban J connectivity index is 2.71. The maximum atomic E-state index is 13.2. The van der Waals surface area contributed by atoms with Crippen molar-refractivity contribution in [3.63, 3.8) is 0 Å². The molecule has 0 aliphatic rings. The van der Waals surface area contributed by atoms with Gasteiger partial charge < -0.3 is 5.11 Å². The van der Waals surface area contributed by atoms with Crippen LogP contribution in [-0.4, -0.2) is 41.4 Å². The summed E-state index contributed by atoms with van der Waals surface area (Å²) in [4.78, 5) is 0. The van der Waals surface area contributed by atoms with E-state index in [-0.39, 0.29) is 23.0 Å². The first kappa shape index (κ1) is 24.2. The number of hydrogen-bond acceptors (Lipinski definition) is 4. The maximum Gasteiger partial charge on any atom is 0.417 e. The van der Waals surface area contributed by atoms with Crippen molar-refractivity contribution in [1.82, 2.24) is 3.97 Å². The molecule has 0 fully saturated rings. The van der Waals surface area contributed by atoms with Gasteiger partial charge >= 0.3 is 12.4 Å². The Bertz CT molecular complexity index is 1020.